The Kier molecular flexibility index (Phi) is 6.03. The molecule has 11 heavy (non-hydrogen) atoms. The summed E-state index contributed by atoms with van der Waals surface area (Å²) in [5.41, 5.74) is 0. The van der Waals surface area contributed by atoms with Crippen LogP contribution < -0.4 is 5.32 Å². The van der Waals surface area contributed by atoms with Crippen LogP contribution in [0.1, 0.15) is 19.8 Å². The fourth-order valence-corrected chi connectivity index (χ4v) is 0.767. The van der Waals surface area contributed by atoms with Crippen LogP contribution in [0.4, 0.5) is 0 Å². The lowest BCUT2D eigenvalue weighted by atomic mass is 10.2. The van der Waals surface area contributed by atoms with Crippen LogP contribution in [0.3, 0.4) is 0 Å². The summed E-state index contributed by atoms with van der Waals surface area (Å²) in [6.45, 7) is 6.11. The summed E-state index contributed by atoms with van der Waals surface area (Å²) >= 11 is 4.28. The predicted molar refractivity (Wildman–Crippen MR) is 50.9 cm³/mol. The quantitative estimate of drug-likeness (QED) is 0.477. The Bertz CT molecular complexity index is 136. The summed E-state index contributed by atoms with van der Waals surface area (Å²) in [6.07, 6.45) is 3.23. The molecule has 3 heteroatoms. The van der Waals surface area contributed by atoms with Crippen molar-refractivity contribution in [2.45, 2.75) is 25.0 Å². The third-order valence-electron chi connectivity index (χ3n) is 1.43. The zero-order valence-corrected chi connectivity index (χ0v) is 7.73. The smallest absolute Gasteiger partial charge is 0.243 e. The highest BCUT2D eigenvalue weighted by Gasteiger charge is 1.99. The fourth-order valence-electron chi connectivity index (χ4n) is 0.638. The molecule has 0 radical (unpaired) electrons. The van der Waals surface area contributed by atoms with E-state index in [1.807, 2.05) is 0 Å². The number of carbonyl (C=O) groups excluding carboxylic acids is 1. The van der Waals surface area contributed by atoms with Gasteiger partial charge in [-0.2, -0.15) is 12.6 Å². The molecule has 0 saturated heterocycles. The normalized spacial score (nSPS) is 12.2. The maximum Gasteiger partial charge on any atom is 0.243 e. The molecule has 0 aromatic rings. The first-order valence-corrected chi connectivity index (χ1v) is 4.30. The van der Waals surface area contributed by atoms with Gasteiger partial charge in [0.05, 0.1) is 0 Å². The second kappa shape index (κ2) is 6.28. The Morgan fingerprint density at radius 1 is 1.82 bits per heavy atom. The second-order valence-corrected chi connectivity index (χ2v) is 3.08. The van der Waals surface area contributed by atoms with Crippen molar-refractivity contribution >= 4 is 18.5 Å². The number of thiol groups is 1. The first-order chi connectivity index (χ1) is 5.20. The van der Waals surface area contributed by atoms with Crippen LogP contribution in [0.25, 0.3) is 0 Å². The lowest BCUT2D eigenvalue weighted by molar-refractivity contribution is -0.116. The lowest BCUT2D eigenvalue weighted by Crippen LogP contribution is -2.23. The van der Waals surface area contributed by atoms with Gasteiger partial charge in [0.1, 0.15) is 0 Å². The molecule has 0 aliphatic carbocycles. The maximum absolute atomic E-state index is 10.6. The van der Waals surface area contributed by atoms with E-state index in [2.05, 4.69) is 31.4 Å². The first-order valence-electron chi connectivity index (χ1n) is 3.79. The van der Waals surface area contributed by atoms with Crippen molar-refractivity contribution in [1.82, 2.24) is 5.32 Å². The van der Waals surface area contributed by atoms with Gasteiger partial charge in [-0.05, 0) is 18.9 Å². The lowest BCUT2D eigenvalue weighted by Gasteiger charge is -2.06. The molecule has 0 rings (SSSR count). The summed E-state index contributed by atoms with van der Waals surface area (Å²) < 4.78 is 0. The topological polar surface area (TPSA) is 29.1 Å². The third kappa shape index (κ3) is 5.98. The molecule has 0 aliphatic heterocycles. The number of hydrogen-bond donors (Lipinski definition) is 2. The Balaban J connectivity index is 3.26. The number of amides is 1. The van der Waals surface area contributed by atoms with Crippen molar-refractivity contribution in [3.63, 3.8) is 0 Å². The van der Waals surface area contributed by atoms with E-state index in [-0.39, 0.29) is 5.91 Å². The Morgan fingerprint density at radius 3 is 2.91 bits per heavy atom. The van der Waals surface area contributed by atoms with Crippen LogP contribution in [0, 0.1) is 0 Å². The number of carbonyl (C=O) groups is 1. The fraction of sp³-hybridized carbons (Fsp3) is 0.625. The van der Waals surface area contributed by atoms with E-state index >= 15 is 0 Å². The van der Waals surface area contributed by atoms with E-state index in [1.165, 1.54) is 6.08 Å². The molecule has 1 amide bonds. The Morgan fingerprint density at radius 2 is 2.45 bits per heavy atom. The Labute approximate surface area is 73.5 Å². The van der Waals surface area contributed by atoms with Gasteiger partial charge in [-0.3, -0.25) is 4.79 Å². The second-order valence-electron chi connectivity index (χ2n) is 2.35. The SMILES string of the molecule is C=CC(=O)NCCC(S)CC. The predicted octanol–water partition coefficient (Wildman–Crippen LogP) is 1.39. The molecule has 0 spiro atoms. The highest BCUT2D eigenvalue weighted by atomic mass is 32.1. The largest absolute Gasteiger partial charge is 0.353 e. The molecule has 2 nitrogen and oxygen atoms in total. The Hall–Kier alpha value is -0.440. The molecule has 0 bridgehead atoms. The van der Waals surface area contributed by atoms with Crippen LogP contribution in [-0.2, 0) is 4.79 Å². The van der Waals surface area contributed by atoms with Crippen molar-refractivity contribution in [2.75, 3.05) is 6.54 Å². The standard InChI is InChI=1S/C8H15NOS/c1-3-7(11)5-6-9-8(10)4-2/h4,7,11H,2-3,5-6H2,1H3,(H,9,10). The third-order valence-corrected chi connectivity index (χ3v) is 2.06. The van der Waals surface area contributed by atoms with Gasteiger partial charge < -0.3 is 5.32 Å². The molecule has 0 saturated carbocycles. The molecule has 1 unspecified atom stereocenters. The average molecular weight is 173 g/mol. The summed E-state index contributed by atoms with van der Waals surface area (Å²) in [4.78, 5) is 10.6. The zero-order valence-electron chi connectivity index (χ0n) is 6.84. The molecular weight excluding hydrogens is 158 g/mol. The molecule has 0 aliphatic rings. The molecule has 0 aromatic heterocycles. The van der Waals surface area contributed by atoms with Gasteiger partial charge in [-0.25, -0.2) is 0 Å². The number of rotatable bonds is 5. The van der Waals surface area contributed by atoms with Gasteiger partial charge in [0.2, 0.25) is 5.91 Å². The zero-order chi connectivity index (χ0) is 8.69. The van der Waals surface area contributed by atoms with E-state index in [0.717, 1.165) is 12.8 Å². The van der Waals surface area contributed by atoms with Gasteiger partial charge in [0.15, 0.2) is 0 Å². The molecule has 1 N–H and O–H groups in total. The van der Waals surface area contributed by atoms with Crippen LogP contribution in [0.15, 0.2) is 12.7 Å². The molecular formula is C8H15NOS. The van der Waals surface area contributed by atoms with Crippen LogP contribution in [0.2, 0.25) is 0 Å². The minimum atomic E-state index is -0.110. The first kappa shape index (κ1) is 10.6. The number of nitrogens with one attached hydrogen (secondary N) is 1. The van der Waals surface area contributed by atoms with E-state index in [1.54, 1.807) is 0 Å². The van der Waals surface area contributed by atoms with Crippen LogP contribution in [0.5, 0.6) is 0 Å². The van der Waals surface area contributed by atoms with Gasteiger partial charge in [0.25, 0.3) is 0 Å². The van der Waals surface area contributed by atoms with E-state index in [9.17, 15) is 4.79 Å². The minimum Gasteiger partial charge on any atom is -0.353 e. The average Bonchev–Trinajstić information content (AvgIpc) is 2.04. The maximum atomic E-state index is 10.6. The minimum absolute atomic E-state index is 0.110. The van der Waals surface area contributed by atoms with E-state index < -0.39 is 0 Å². The van der Waals surface area contributed by atoms with E-state index in [0.29, 0.717) is 11.8 Å². The van der Waals surface area contributed by atoms with Crippen LogP contribution >= 0.6 is 12.6 Å². The monoisotopic (exact) mass is 173 g/mol. The summed E-state index contributed by atoms with van der Waals surface area (Å²) in [5, 5.41) is 3.08. The van der Waals surface area contributed by atoms with E-state index in [4.69, 9.17) is 0 Å². The molecule has 0 aromatic carbocycles. The van der Waals surface area contributed by atoms with Gasteiger partial charge in [-0.1, -0.05) is 13.5 Å². The summed E-state index contributed by atoms with van der Waals surface area (Å²) in [6, 6.07) is 0. The van der Waals surface area contributed by atoms with Crippen molar-refractivity contribution in [1.29, 1.82) is 0 Å². The highest BCUT2D eigenvalue weighted by molar-refractivity contribution is 7.80. The molecule has 1 atom stereocenters. The van der Waals surface area contributed by atoms with Crippen molar-refractivity contribution in [3.8, 4) is 0 Å². The highest BCUT2D eigenvalue weighted by Crippen LogP contribution is 2.03. The van der Waals surface area contributed by atoms with Gasteiger partial charge in [-0.15, -0.1) is 0 Å². The molecule has 0 fully saturated rings. The van der Waals surface area contributed by atoms with Crippen molar-refractivity contribution in [3.05, 3.63) is 12.7 Å². The number of hydrogen-bond acceptors (Lipinski definition) is 2. The van der Waals surface area contributed by atoms with Crippen molar-refractivity contribution < 1.29 is 4.79 Å². The van der Waals surface area contributed by atoms with Crippen LogP contribution in [-0.4, -0.2) is 17.7 Å². The van der Waals surface area contributed by atoms with Gasteiger partial charge in [0, 0.05) is 11.8 Å². The molecule has 64 valence electrons. The molecule has 0 heterocycles. The van der Waals surface area contributed by atoms with Crippen molar-refractivity contribution in [2.24, 2.45) is 0 Å². The summed E-state index contributed by atoms with van der Waals surface area (Å²) in [7, 11) is 0. The summed E-state index contributed by atoms with van der Waals surface area (Å²) in [5.74, 6) is -0.110. The van der Waals surface area contributed by atoms with Gasteiger partial charge >= 0.3 is 0 Å².